The van der Waals surface area contributed by atoms with Gasteiger partial charge in [-0.1, -0.05) is 0 Å². The standard InChI is InChI=1S/C13H16N2O5/c1-7(16)8-3-10(14(2)5-8)12(18)15-6-9(17)4-11(15)13(19)20/h3,5,9,11,17H,4,6H2,1-2H3,(H,19,20)/t9?,11-/m0/s1. The highest BCUT2D eigenvalue weighted by Gasteiger charge is 2.39. The second kappa shape index (κ2) is 5.09. The van der Waals surface area contributed by atoms with Crippen molar-refractivity contribution >= 4 is 17.7 Å². The number of hydrogen-bond donors (Lipinski definition) is 2. The van der Waals surface area contributed by atoms with E-state index in [1.165, 1.54) is 23.8 Å². The normalized spacial score (nSPS) is 22.1. The van der Waals surface area contributed by atoms with Crippen LogP contribution in [0.1, 0.15) is 34.2 Å². The van der Waals surface area contributed by atoms with Crippen molar-refractivity contribution in [1.29, 1.82) is 0 Å². The summed E-state index contributed by atoms with van der Waals surface area (Å²) in [4.78, 5) is 35.9. The van der Waals surface area contributed by atoms with Crippen LogP contribution in [0.5, 0.6) is 0 Å². The molecule has 108 valence electrons. The van der Waals surface area contributed by atoms with E-state index in [0.717, 1.165) is 4.90 Å². The Kier molecular flexibility index (Phi) is 3.63. The third-order valence-corrected chi connectivity index (χ3v) is 3.46. The number of aliphatic carboxylic acids is 1. The molecule has 0 aliphatic carbocycles. The van der Waals surface area contributed by atoms with Crippen molar-refractivity contribution < 1.29 is 24.6 Å². The number of amides is 1. The molecule has 0 saturated carbocycles. The molecule has 0 spiro atoms. The number of carbonyl (C=O) groups excluding carboxylic acids is 2. The number of nitrogens with zero attached hydrogens (tertiary/aromatic N) is 2. The SMILES string of the molecule is CC(=O)c1cc(C(=O)N2CC(O)C[C@H]2C(=O)O)n(C)c1. The van der Waals surface area contributed by atoms with Crippen molar-refractivity contribution in [1.82, 2.24) is 9.47 Å². The van der Waals surface area contributed by atoms with Gasteiger partial charge in [0.15, 0.2) is 5.78 Å². The average Bonchev–Trinajstić information content (AvgIpc) is 2.92. The first-order valence-corrected chi connectivity index (χ1v) is 6.20. The van der Waals surface area contributed by atoms with Crippen molar-refractivity contribution in [2.75, 3.05) is 6.54 Å². The highest BCUT2D eigenvalue weighted by molar-refractivity contribution is 6.00. The Morgan fingerprint density at radius 3 is 2.50 bits per heavy atom. The first-order chi connectivity index (χ1) is 9.31. The van der Waals surface area contributed by atoms with E-state index in [9.17, 15) is 19.5 Å². The number of carboxylic acid groups (broad SMARTS) is 1. The number of aliphatic hydroxyl groups is 1. The van der Waals surface area contributed by atoms with Gasteiger partial charge in [0.05, 0.1) is 6.10 Å². The lowest BCUT2D eigenvalue weighted by molar-refractivity contribution is -0.141. The quantitative estimate of drug-likeness (QED) is 0.752. The third kappa shape index (κ3) is 2.44. The summed E-state index contributed by atoms with van der Waals surface area (Å²) in [6, 6.07) is 0.405. The lowest BCUT2D eigenvalue weighted by Gasteiger charge is -2.21. The van der Waals surface area contributed by atoms with Crippen LogP contribution in [-0.4, -0.2) is 56.0 Å². The van der Waals surface area contributed by atoms with E-state index < -0.39 is 24.0 Å². The minimum atomic E-state index is -1.14. The van der Waals surface area contributed by atoms with Gasteiger partial charge in [-0.05, 0) is 13.0 Å². The Hall–Kier alpha value is -2.15. The molecule has 1 saturated heterocycles. The van der Waals surface area contributed by atoms with Gasteiger partial charge >= 0.3 is 5.97 Å². The molecular formula is C13H16N2O5. The lowest BCUT2D eigenvalue weighted by atomic mass is 10.2. The Balaban J connectivity index is 2.31. The van der Waals surface area contributed by atoms with Crippen molar-refractivity contribution in [3.05, 3.63) is 23.5 Å². The zero-order valence-electron chi connectivity index (χ0n) is 11.2. The Labute approximate surface area is 115 Å². The maximum Gasteiger partial charge on any atom is 0.326 e. The predicted molar refractivity (Wildman–Crippen MR) is 68.5 cm³/mol. The molecule has 1 aromatic heterocycles. The van der Waals surface area contributed by atoms with Gasteiger partial charge in [-0.15, -0.1) is 0 Å². The summed E-state index contributed by atoms with van der Waals surface area (Å²) in [6.07, 6.45) is 0.704. The number of aliphatic hydroxyl groups excluding tert-OH is 1. The topological polar surface area (TPSA) is 99.8 Å². The van der Waals surface area contributed by atoms with Crippen LogP contribution < -0.4 is 0 Å². The molecule has 0 radical (unpaired) electrons. The molecule has 1 fully saturated rings. The molecule has 0 aromatic carbocycles. The van der Waals surface area contributed by atoms with Gasteiger partial charge < -0.3 is 19.7 Å². The molecule has 2 N–H and O–H groups in total. The number of ketones is 1. The fourth-order valence-electron chi connectivity index (χ4n) is 2.39. The van der Waals surface area contributed by atoms with Crippen molar-refractivity contribution in [3.63, 3.8) is 0 Å². The molecule has 1 aromatic rings. The number of β-amino-alcohol motifs (C(OH)–C–C–N with tert-alkyl or cyclic N) is 1. The zero-order chi connectivity index (χ0) is 15.0. The number of carbonyl (C=O) groups is 3. The van der Waals surface area contributed by atoms with Crippen molar-refractivity contribution in [2.24, 2.45) is 7.05 Å². The number of aryl methyl sites for hydroxylation is 1. The van der Waals surface area contributed by atoms with Gasteiger partial charge in [-0.3, -0.25) is 9.59 Å². The summed E-state index contributed by atoms with van der Waals surface area (Å²) in [5.74, 6) is -1.81. The van der Waals surface area contributed by atoms with Crippen LogP contribution in [0.3, 0.4) is 0 Å². The summed E-state index contributed by atoms with van der Waals surface area (Å²) in [7, 11) is 1.61. The monoisotopic (exact) mass is 280 g/mol. The van der Waals surface area contributed by atoms with Crippen LogP contribution in [0, 0.1) is 0 Å². The van der Waals surface area contributed by atoms with E-state index >= 15 is 0 Å². The van der Waals surface area contributed by atoms with Gasteiger partial charge in [0.25, 0.3) is 5.91 Å². The highest BCUT2D eigenvalue weighted by Crippen LogP contribution is 2.21. The molecule has 2 heterocycles. The van der Waals surface area contributed by atoms with E-state index in [1.807, 2.05) is 0 Å². The molecule has 1 amide bonds. The minimum Gasteiger partial charge on any atom is -0.480 e. The van der Waals surface area contributed by atoms with Crippen LogP contribution in [-0.2, 0) is 11.8 Å². The number of aromatic nitrogens is 1. The average molecular weight is 280 g/mol. The molecule has 2 atom stereocenters. The molecule has 1 unspecified atom stereocenters. The maximum atomic E-state index is 12.4. The molecule has 2 rings (SSSR count). The van der Waals surface area contributed by atoms with Gasteiger partial charge in [-0.2, -0.15) is 0 Å². The zero-order valence-corrected chi connectivity index (χ0v) is 11.2. The van der Waals surface area contributed by atoms with Crippen LogP contribution in [0.2, 0.25) is 0 Å². The molecule has 1 aliphatic rings. The summed E-state index contributed by atoms with van der Waals surface area (Å²) in [6.45, 7) is 1.37. The number of hydrogen-bond acceptors (Lipinski definition) is 4. The predicted octanol–water partition coefficient (Wildman–Crippen LogP) is -0.112. The van der Waals surface area contributed by atoms with E-state index in [1.54, 1.807) is 7.05 Å². The molecule has 7 heteroatoms. The van der Waals surface area contributed by atoms with E-state index in [0.29, 0.717) is 5.56 Å². The van der Waals surface area contributed by atoms with Crippen molar-refractivity contribution in [3.8, 4) is 0 Å². The number of rotatable bonds is 3. The van der Waals surface area contributed by atoms with E-state index in [2.05, 4.69) is 0 Å². The molecule has 1 aliphatic heterocycles. The summed E-state index contributed by atoms with van der Waals surface area (Å²) < 4.78 is 1.49. The minimum absolute atomic E-state index is 0.0175. The fourth-order valence-corrected chi connectivity index (χ4v) is 2.39. The van der Waals surface area contributed by atoms with Gasteiger partial charge in [0.2, 0.25) is 0 Å². The number of carboxylic acids is 1. The molecule has 7 nitrogen and oxygen atoms in total. The van der Waals surface area contributed by atoms with Crippen molar-refractivity contribution in [2.45, 2.75) is 25.5 Å². The van der Waals surface area contributed by atoms with E-state index in [4.69, 9.17) is 5.11 Å². The van der Waals surface area contributed by atoms with E-state index in [-0.39, 0.29) is 24.4 Å². The largest absolute Gasteiger partial charge is 0.480 e. The summed E-state index contributed by atoms with van der Waals surface area (Å²) in [5, 5.41) is 18.7. The Morgan fingerprint density at radius 2 is 2.00 bits per heavy atom. The second-order valence-corrected chi connectivity index (χ2v) is 4.98. The molecular weight excluding hydrogens is 264 g/mol. The van der Waals surface area contributed by atoms with Crippen LogP contribution in [0.25, 0.3) is 0 Å². The Morgan fingerprint density at radius 1 is 1.35 bits per heavy atom. The van der Waals surface area contributed by atoms with Crippen LogP contribution in [0.15, 0.2) is 12.3 Å². The fraction of sp³-hybridized carbons (Fsp3) is 0.462. The highest BCUT2D eigenvalue weighted by atomic mass is 16.4. The second-order valence-electron chi connectivity index (χ2n) is 4.98. The van der Waals surface area contributed by atoms with Gasteiger partial charge in [0.1, 0.15) is 11.7 Å². The smallest absolute Gasteiger partial charge is 0.326 e. The lowest BCUT2D eigenvalue weighted by Crippen LogP contribution is -2.41. The molecule has 20 heavy (non-hydrogen) atoms. The third-order valence-electron chi connectivity index (χ3n) is 3.46. The van der Waals surface area contributed by atoms with Crippen LogP contribution >= 0.6 is 0 Å². The summed E-state index contributed by atoms with van der Waals surface area (Å²) in [5.41, 5.74) is 0.623. The summed E-state index contributed by atoms with van der Waals surface area (Å²) >= 11 is 0. The first-order valence-electron chi connectivity index (χ1n) is 6.20. The number of Topliss-reactive ketones (excluding diaryl/α,β-unsaturated/α-hetero) is 1. The maximum absolute atomic E-state index is 12.4. The molecule has 0 bridgehead atoms. The van der Waals surface area contributed by atoms with Gasteiger partial charge in [0, 0.05) is 31.8 Å². The first kappa shape index (κ1) is 14.3. The van der Waals surface area contributed by atoms with Gasteiger partial charge in [-0.25, -0.2) is 4.79 Å². The number of likely N-dealkylation sites (tertiary alicyclic amines) is 1. The van der Waals surface area contributed by atoms with Crippen LogP contribution in [0.4, 0.5) is 0 Å². The Bertz CT molecular complexity index is 577.